The number of aromatic nitrogens is 2. The summed E-state index contributed by atoms with van der Waals surface area (Å²) in [5.74, 6) is 2.19. The van der Waals surface area contributed by atoms with Crippen molar-refractivity contribution in [1.82, 2.24) is 9.78 Å². The Hall–Kier alpha value is -1.77. The van der Waals surface area contributed by atoms with Crippen LogP contribution in [0.5, 0.6) is 0 Å². The first-order valence-electron chi connectivity index (χ1n) is 7.18. The van der Waals surface area contributed by atoms with E-state index in [1.807, 2.05) is 12.3 Å². The van der Waals surface area contributed by atoms with Crippen LogP contribution in [0.1, 0.15) is 30.0 Å². The summed E-state index contributed by atoms with van der Waals surface area (Å²) in [6.45, 7) is 0. The summed E-state index contributed by atoms with van der Waals surface area (Å²) in [6.07, 6.45) is 6.80. The van der Waals surface area contributed by atoms with Crippen LogP contribution < -0.4 is 5.73 Å². The maximum absolute atomic E-state index is 6.08. The lowest BCUT2D eigenvalue weighted by Crippen LogP contribution is -2.23. The molecule has 19 heavy (non-hydrogen) atoms. The maximum atomic E-state index is 6.08. The molecule has 98 valence electrons. The zero-order chi connectivity index (χ0) is 12.8. The van der Waals surface area contributed by atoms with Gasteiger partial charge in [-0.2, -0.15) is 5.10 Å². The lowest BCUT2D eigenvalue weighted by Gasteiger charge is -2.23. The summed E-state index contributed by atoms with van der Waals surface area (Å²) in [5, 5.41) is 4.48. The molecule has 2 unspecified atom stereocenters. The molecule has 1 aromatic heterocycles. The number of nitrogen functional groups attached to an aromatic ring is 1. The van der Waals surface area contributed by atoms with Gasteiger partial charge in [0.25, 0.3) is 0 Å². The van der Waals surface area contributed by atoms with Gasteiger partial charge in [-0.3, -0.25) is 0 Å². The largest absolute Gasteiger partial charge is 0.384 e. The van der Waals surface area contributed by atoms with Crippen LogP contribution in [-0.4, -0.2) is 9.78 Å². The molecule has 2 aliphatic rings. The van der Waals surface area contributed by atoms with E-state index in [0.717, 1.165) is 5.82 Å². The first-order valence-corrected chi connectivity index (χ1v) is 7.18. The number of hydrogen-bond donors (Lipinski definition) is 1. The van der Waals surface area contributed by atoms with Crippen LogP contribution in [0.25, 0.3) is 0 Å². The van der Waals surface area contributed by atoms with E-state index in [0.29, 0.717) is 17.9 Å². The molecule has 0 spiro atoms. The molecule has 2 aromatic rings. The van der Waals surface area contributed by atoms with Gasteiger partial charge in [0, 0.05) is 0 Å². The van der Waals surface area contributed by atoms with E-state index in [1.165, 1.54) is 36.8 Å². The second-order valence-corrected chi connectivity index (χ2v) is 5.97. The molecule has 2 aliphatic carbocycles. The molecule has 2 bridgehead atoms. The van der Waals surface area contributed by atoms with Gasteiger partial charge < -0.3 is 5.73 Å². The van der Waals surface area contributed by atoms with Gasteiger partial charge in [0.15, 0.2) is 0 Å². The molecule has 1 fully saturated rings. The Morgan fingerprint density at radius 2 is 1.63 bits per heavy atom. The van der Waals surface area contributed by atoms with Gasteiger partial charge in [-0.05, 0) is 54.7 Å². The van der Waals surface area contributed by atoms with Gasteiger partial charge in [-0.25, -0.2) is 4.68 Å². The van der Waals surface area contributed by atoms with Crippen molar-refractivity contribution in [2.45, 2.75) is 31.7 Å². The van der Waals surface area contributed by atoms with Gasteiger partial charge in [0.05, 0.1) is 12.2 Å². The molecule has 3 heteroatoms. The quantitative estimate of drug-likeness (QED) is 0.849. The van der Waals surface area contributed by atoms with Crippen LogP contribution in [-0.2, 0) is 12.8 Å². The van der Waals surface area contributed by atoms with Gasteiger partial charge in [-0.1, -0.05) is 24.3 Å². The average Bonchev–Trinajstić information content (AvgIpc) is 2.92. The van der Waals surface area contributed by atoms with Gasteiger partial charge in [-0.15, -0.1) is 0 Å². The van der Waals surface area contributed by atoms with Crippen molar-refractivity contribution in [2.24, 2.45) is 11.8 Å². The summed E-state index contributed by atoms with van der Waals surface area (Å²) in [7, 11) is 0. The second-order valence-electron chi connectivity index (χ2n) is 5.97. The molecule has 1 heterocycles. The predicted molar refractivity (Wildman–Crippen MR) is 75.7 cm³/mol. The van der Waals surface area contributed by atoms with Crippen LogP contribution in [0.3, 0.4) is 0 Å². The molecule has 0 saturated heterocycles. The molecular formula is C16H19N3. The molecule has 4 rings (SSSR count). The molecule has 0 aliphatic heterocycles. The summed E-state index contributed by atoms with van der Waals surface area (Å²) in [5.41, 5.74) is 9.15. The number of rotatable bonds is 1. The third-order valence-electron chi connectivity index (χ3n) is 4.94. The third-order valence-corrected chi connectivity index (χ3v) is 4.94. The summed E-state index contributed by atoms with van der Waals surface area (Å²) in [6, 6.07) is 11.3. The van der Waals surface area contributed by atoms with Crippen LogP contribution in [0.2, 0.25) is 0 Å². The average molecular weight is 253 g/mol. The molecule has 2 N–H and O–H groups in total. The number of benzene rings is 1. The lowest BCUT2D eigenvalue weighted by molar-refractivity contribution is 0.295. The summed E-state index contributed by atoms with van der Waals surface area (Å²) in [4.78, 5) is 0. The molecule has 0 amide bonds. The topological polar surface area (TPSA) is 43.8 Å². The number of fused-ring (bicyclic) bond motifs is 3. The fraction of sp³-hybridized carbons (Fsp3) is 0.438. The van der Waals surface area contributed by atoms with E-state index in [1.54, 1.807) is 0 Å². The normalized spacial score (nSPS) is 28.9. The van der Waals surface area contributed by atoms with E-state index in [9.17, 15) is 0 Å². The van der Waals surface area contributed by atoms with E-state index < -0.39 is 0 Å². The predicted octanol–water partition coefficient (Wildman–Crippen LogP) is 2.83. The van der Waals surface area contributed by atoms with Crippen LogP contribution in [0.4, 0.5) is 5.82 Å². The summed E-state index contributed by atoms with van der Waals surface area (Å²) >= 11 is 0. The van der Waals surface area contributed by atoms with E-state index >= 15 is 0 Å². The van der Waals surface area contributed by atoms with Crippen molar-refractivity contribution in [3.8, 4) is 0 Å². The Balaban J connectivity index is 1.76. The highest BCUT2D eigenvalue weighted by Crippen LogP contribution is 2.47. The number of nitrogens with zero attached hydrogens (tertiary/aromatic N) is 2. The molecule has 2 atom stereocenters. The van der Waals surface area contributed by atoms with Gasteiger partial charge in [0.1, 0.15) is 5.82 Å². The smallest absolute Gasteiger partial charge is 0.121 e. The zero-order valence-electron chi connectivity index (χ0n) is 11.0. The minimum absolute atomic E-state index is 0.488. The first-order chi connectivity index (χ1) is 9.33. The zero-order valence-corrected chi connectivity index (χ0v) is 11.0. The highest BCUT2D eigenvalue weighted by molar-refractivity contribution is 5.32. The molecular weight excluding hydrogens is 234 g/mol. The second kappa shape index (κ2) is 4.12. The van der Waals surface area contributed by atoms with Crippen molar-refractivity contribution in [3.63, 3.8) is 0 Å². The van der Waals surface area contributed by atoms with Crippen molar-refractivity contribution in [1.29, 1.82) is 0 Å². The van der Waals surface area contributed by atoms with Gasteiger partial charge in [0.2, 0.25) is 0 Å². The van der Waals surface area contributed by atoms with Crippen molar-refractivity contribution < 1.29 is 0 Å². The minimum atomic E-state index is 0.488. The minimum Gasteiger partial charge on any atom is -0.384 e. The van der Waals surface area contributed by atoms with E-state index in [-0.39, 0.29) is 0 Å². The first kappa shape index (κ1) is 11.1. The van der Waals surface area contributed by atoms with Crippen LogP contribution in [0, 0.1) is 11.8 Å². The standard InChI is InChI=1S/C16H19N3/c17-15-7-8-18-19(15)16-13-5-6-14(16)10-12-4-2-1-3-11(12)9-13/h1-4,7-8,13-14,16H,5-6,9-10,17H2. The highest BCUT2D eigenvalue weighted by atomic mass is 15.3. The molecule has 3 nitrogen and oxygen atoms in total. The Morgan fingerprint density at radius 3 is 2.16 bits per heavy atom. The maximum Gasteiger partial charge on any atom is 0.121 e. The Morgan fingerprint density at radius 1 is 1.00 bits per heavy atom. The van der Waals surface area contributed by atoms with Crippen molar-refractivity contribution in [3.05, 3.63) is 47.7 Å². The van der Waals surface area contributed by atoms with Crippen LogP contribution >= 0.6 is 0 Å². The Labute approximate surface area is 113 Å². The van der Waals surface area contributed by atoms with Crippen LogP contribution in [0.15, 0.2) is 36.5 Å². The fourth-order valence-corrected chi connectivity index (χ4v) is 4.09. The molecule has 1 aromatic carbocycles. The number of anilines is 1. The molecule has 0 radical (unpaired) electrons. The number of nitrogens with two attached hydrogens (primary N) is 1. The highest BCUT2D eigenvalue weighted by Gasteiger charge is 2.40. The van der Waals surface area contributed by atoms with Crippen molar-refractivity contribution >= 4 is 5.82 Å². The SMILES string of the molecule is Nc1ccnn1C1C2CCC1Cc1ccccc1C2. The third kappa shape index (κ3) is 1.68. The summed E-state index contributed by atoms with van der Waals surface area (Å²) < 4.78 is 2.08. The van der Waals surface area contributed by atoms with E-state index in [2.05, 4.69) is 34.0 Å². The Kier molecular flexibility index (Phi) is 2.40. The van der Waals surface area contributed by atoms with Crippen molar-refractivity contribution in [2.75, 3.05) is 5.73 Å². The van der Waals surface area contributed by atoms with Gasteiger partial charge >= 0.3 is 0 Å². The Bertz CT molecular complexity index is 569. The van der Waals surface area contributed by atoms with E-state index in [4.69, 9.17) is 5.73 Å². The lowest BCUT2D eigenvalue weighted by atomic mass is 9.94. The number of hydrogen-bond acceptors (Lipinski definition) is 2. The fourth-order valence-electron chi connectivity index (χ4n) is 4.09. The monoisotopic (exact) mass is 253 g/mol. The molecule has 1 saturated carbocycles.